The van der Waals surface area contributed by atoms with Gasteiger partial charge in [-0.2, -0.15) is 4.39 Å². The average molecular weight is 425 g/mol. The number of halogens is 2. The standard InChI is InChI=1S/C22H21F2N5O2/c23-16-11-17(13-29(12-16)22(30)31-14-15-5-2-1-3-6-15)27-21-26-10-8-19(28-21)18-7-4-9-25-20(18)24/h1-10,16-17H,11-14H2,(H,26,27,28)/t16-,17-/m0/s1. The van der Waals surface area contributed by atoms with Gasteiger partial charge in [0.25, 0.3) is 0 Å². The Labute approximate surface area is 178 Å². The number of carbonyl (C=O) groups is 1. The highest BCUT2D eigenvalue weighted by atomic mass is 19.1. The number of ether oxygens (including phenoxy) is 1. The van der Waals surface area contributed by atoms with Gasteiger partial charge in [-0.05, 0) is 23.8 Å². The molecule has 1 aromatic carbocycles. The number of amides is 1. The number of likely N-dealkylation sites (tertiary alicyclic amines) is 1. The third-order valence-corrected chi connectivity index (χ3v) is 4.89. The molecule has 1 N–H and O–H groups in total. The van der Waals surface area contributed by atoms with E-state index in [4.69, 9.17) is 4.74 Å². The van der Waals surface area contributed by atoms with E-state index >= 15 is 0 Å². The summed E-state index contributed by atoms with van der Waals surface area (Å²) in [6, 6.07) is 13.6. The summed E-state index contributed by atoms with van der Waals surface area (Å²) in [4.78, 5) is 25.8. The monoisotopic (exact) mass is 425 g/mol. The van der Waals surface area contributed by atoms with E-state index in [2.05, 4.69) is 20.3 Å². The summed E-state index contributed by atoms with van der Waals surface area (Å²) < 4.78 is 33.6. The molecule has 160 valence electrons. The van der Waals surface area contributed by atoms with E-state index in [-0.39, 0.29) is 37.6 Å². The van der Waals surface area contributed by atoms with Gasteiger partial charge < -0.3 is 15.0 Å². The minimum absolute atomic E-state index is 0.0341. The zero-order chi connectivity index (χ0) is 21.6. The van der Waals surface area contributed by atoms with E-state index in [0.717, 1.165) is 5.56 Å². The van der Waals surface area contributed by atoms with E-state index in [0.29, 0.717) is 5.69 Å². The molecule has 1 aliphatic heterocycles. The van der Waals surface area contributed by atoms with Crippen LogP contribution >= 0.6 is 0 Å². The van der Waals surface area contributed by atoms with Crippen LogP contribution in [-0.2, 0) is 11.3 Å². The zero-order valence-corrected chi connectivity index (χ0v) is 16.6. The molecule has 31 heavy (non-hydrogen) atoms. The second-order valence-electron chi connectivity index (χ2n) is 7.23. The van der Waals surface area contributed by atoms with Crippen LogP contribution < -0.4 is 5.32 Å². The van der Waals surface area contributed by atoms with Crippen molar-refractivity contribution in [3.8, 4) is 11.3 Å². The highest BCUT2D eigenvalue weighted by Crippen LogP contribution is 2.22. The number of alkyl halides is 1. The number of anilines is 1. The molecular weight excluding hydrogens is 404 g/mol. The minimum Gasteiger partial charge on any atom is -0.445 e. The number of hydrogen-bond donors (Lipinski definition) is 1. The molecule has 3 aromatic rings. The first-order valence-corrected chi connectivity index (χ1v) is 9.88. The Balaban J connectivity index is 1.40. The molecule has 1 amide bonds. The topological polar surface area (TPSA) is 80.2 Å². The fraction of sp³-hybridized carbons (Fsp3) is 0.273. The summed E-state index contributed by atoms with van der Waals surface area (Å²) in [6.45, 7) is 0.323. The van der Waals surface area contributed by atoms with Crippen LogP contribution in [0.5, 0.6) is 0 Å². The molecule has 0 unspecified atom stereocenters. The molecule has 9 heteroatoms. The summed E-state index contributed by atoms with van der Waals surface area (Å²) >= 11 is 0. The normalized spacial score (nSPS) is 18.5. The van der Waals surface area contributed by atoms with Crippen molar-refractivity contribution >= 4 is 12.0 Å². The van der Waals surface area contributed by atoms with Crippen molar-refractivity contribution < 1.29 is 18.3 Å². The number of hydrogen-bond acceptors (Lipinski definition) is 6. The summed E-state index contributed by atoms with van der Waals surface area (Å²) in [5.74, 6) is -0.418. The van der Waals surface area contributed by atoms with Crippen molar-refractivity contribution in [1.82, 2.24) is 19.9 Å². The maximum Gasteiger partial charge on any atom is 0.410 e. The first-order chi connectivity index (χ1) is 15.1. The molecule has 0 saturated carbocycles. The van der Waals surface area contributed by atoms with E-state index in [9.17, 15) is 13.6 Å². The Morgan fingerprint density at radius 3 is 2.74 bits per heavy atom. The van der Waals surface area contributed by atoms with Gasteiger partial charge in [0, 0.05) is 31.4 Å². The van der Waals surface area contributed by atoms with E-state index in [1.165, 1.54) is 17.3 Å². The lowest BCUT2D eigenvalue weighted by Crippen LogP contribution is -2.50. The number of nitrogens with zero attached hydrogens (tertiary/aromatic N) is 4. The van der Waals surface area contributed by atoms with Crippen LogP contribution in [0, 0.1) is 5.95 Å². The van der Waals surface area contributed by atoms with E-state index in [1.807, 2.05) is 30.3 Å². The van der Waals surface area contributed by atoms with Crippen molar-refractivity contribution in [3.63, 3.8) is 0 Å². The van der Waals surface area contributed by atoms with Gasteiger partial charge in [0.2, 0.25) is 11.9 Å². The van der Waals surface area contributed by atoms with Crippen LogP contribution in [-0.4, -0.2) is 51.2 Å². The van der Waals surface area contributed by atoms with Gasteiger partial charge in [0.05, 0.1) is 17.8 Å². The lowest BCUT2D eigenvalue weighted by Gasteiger charge is -2.34. The second-order valence-corrected chi connectivity index (χ2v) is 7.23. The van der Waals surface area contributed by atoms with Gasteiger partial charge >= 0.3 is 6.09 Å². The van der Waals surface area contributed by atoms with E-state index < -0.39 is 24.3 Å². The van der Waals surface area contributed by atoms with Gasteiger partial charge in [-0.1, -0.05) is 30.3 Å². The molecule has 0 radical (unpaired) electrons. The van der Waals surface area contributed by atoms with E-state index in [1.54, 1.807) is 18.2 Å². The Morgan fingerprint density at radius 1 is 1.10 bits per heavy atom. The first kappa shape index (κ1) is 20.6. The molecule has 3 heterocycles. The van der Waals surface area contributed by atoms with Crippen molar-refractivity contribution in [3.05, 3.63) is 72.4 Å². The second kappa shape index (κ2) is 9.46. The molecule has 7 nitrogen and oxygen atoms in total. The van der Waals surface area contributed by atoms with Crippen molar-refractivity contribution in [2.45, 2.75) is 25.2 Å². The third kappa shape index (κ3) is 5.30. The molecule has 4 rings (SSSR count). The number of nitrogens with one attached hydrogen (secondary N) is 1. The molecule has 0 aliphatic carbocycles. The molecule has 0 spiro atoms. The van der Waals surface area contributed by atoms with Gasteiger partial charge in [0.1, 0.15) is 12.8 Å². The number of pyridine rings is 1. The summed E-state index contributed by atoms with van der Waals surface area (Å²) in [7, 11) is 0. The number of rotatable bonds is 5. The Bertz CT molecular complexity index is 1040. The molecule has 2 aromatic heterocycles. The summed E-state index contributed by atoms with van der Waals surface area (Å²) in [5, 5.41) is 3.05. The van der Waals surface area contributed by atoms with Crippen LogP contribution in [0.25, 0.3) is 11.3 Å². The maximum absolute atomic E-state index is 14.3. The van der Waals surface area contributed by atoms with Crippen LogP contribution in [0.15, 0.2) is 60.9 Å². The van der Waals surface area contributed by atoms with Crippen LogP contribution in [0.3, 0.4) is 0 Å². The fourth-order valence-electron chi connectivity index (χ4n) is 3.44. The lowest BCUT2D eigenvalue weighted by atomic mass is 10.0. The van der Waals surface area contributed by atoms with Gasteiger partial charge in [-0.25, -0.2) is 24.1 Å². The Hall–Kier alpha value is -3.62. The largest absolute Gasteiger partial charge is 0.445 e. The molecular formula is C22H21F2N5O2. The van der Waals surface area contributed by atoms with Gasteiger partial charge in [0.15, 0.2) is 0 Å². The SMILES string of the molecule is O=C(OCc1ccccc1)N1C[C@@H](F)C[C@H](Nc2nccc(-c3cccnc3F)n2)C1. The summed E-state index contributed by atoms with van der Waals surface area (Å²) in [5.41, 5.74) is 1.45. The molecule has 0 bridgehead atoms. The quantitative estimate of drug-likeness (QED) is 0.626. The summed E-state index contributed by atoms with van der Waals surface area (Å²) in [6.07, 6.45) is 1.24. The average Bonchev–Trinajstić information content (AvgIpc) is 2.78. The molecule has 1 saturated heterocycles. The fourth-order valence-corrected chi connectivity index (χ4v) is 3.44. The van der Waals surface area contributed by atoms with Crippen LogP contribution in [0.4, 0.5) is 19.5 Å². The third-order valence-electron chi connectivity index (χ3n) is 4.89. The minimum atomic E-state index is -1.21. The number of benzene rings is 1. The first-order valence-electron chi connectivity index (χ1n) is 9.88. The predicted octanol–water partition coefficient (Wildman–Crippen LogP) is 3.84. The number of piperidine rings is 1. The molecule has 1 fully saturated rings. The van der Waals surface area contributed by atoms with Gasteiger partial charge in [-0.15, -0.1) is 0 Å². The molecule has 1 aliphatic rings. The Kier molecular flexibility index (Phi) is 6.30. The molecule has 2 atom stereocenters. The van der Waals surface area contributed by atoms with Crippen molar-refractivity contribution in [1.29, 1.82) is 0 Å². The highest BCUT2D eigenvalue weighted by molar-refractivity contribution is 5.68. The van der Waals surface area contributed by atoms with Crippen molar-refractivity contribution in [2.75, 3.05) is 18.4 Å². The van der Waals surface area contributed by atoms with Crippen LogP contribution in [0.2, 0.25) is 0 Å². The smallest absolute Gasteiger partial charge is 0.410 e. The van der Waals surface area contributed by atoms with Gasteiger partial charge in [-0.3, -0.25) is 0 Å². The lowest BCUT2D eigenvalue weighted by molar-refractivity contribution is 0.0685. The number of aromatic nitrogens is 3. The predicted molar refractivity (Wildman–Crippen MR) is 110 cm³/mol. The number of carbonyl (C=O) groups excluding carboxylic acids is 1. The zero-order valence-electron chi connectivity index (χ0n) is 16.6. The van der Waals surface area contributed by atoms with Crippen LogP contribution in [0.1, 0.15) is 12.0 Å². The van der Waals surface area contributed by atoms with Crippen molar-refractivity contribution in [2.24, 2.45) is 0 Å². The highest BCUT2D eigenvalue weighted by Gasteiger charge is 2.31. The Morgan fingerprint density at radius 2 is 1.94 bits per heavy atom. The maximum atomic E-state index is 14.3.